The SMILES string of the molecule is CC(=O)N1CC=C2C(C#N)=C(N)C(C#N)(C#N)[C@H](Cc3ccccc3)[C@@H]2C1. The number of fused-ring (bicyclic) bond motifs is 1. The number of carbonyl (C=O) groups excluding carboxylic acids is 1. The van der Waals surface area contributed by atoms with E-state index in [4.69, 9.17) is 5.73 Å². The third kappa shape index (κ3) is 2.84. The smallest absolute Gasteiger partial charge is 0.219 e. The van der Waals surface area contributed by atoms with Crippen LogP contribution in [-0.4, -0.2) is 23.9 Å². The van der Waals surface area contributed by atoms with Crippen LogP contribution in [0.4, 0.5) is 0 Å². The Hall–Kier alpha value is -3.56. The largest absolute Gasteiger partial charge is 0.399 e. The Morgan fingerprint density at radius 1 is 1.26 bits per heavy atom. The van der Waals surface area contributed by atoms with Gasteiger partial charge in [0.15, 0.2) is 5.41 Å². The third-order valence-corrected chi connectivity index (χ3v) is 5.58. The van der Waals surface area contributed by atoms with Crippen molar-refractivity contribution in [3.63, 3.8) is 0 Å². The molecule has 0 fully saturated rings. The second kappa shape index (κ2) is 6.98. The maximum atomic E-state index is 11.9. The summed E-state index contributed by atoms with van der Waals surface area (Å²) in [6.07, 6.45) is 2.28. The van der Waals surface area contributed by atoms with Crippen molar-refractivity contribution < 1.29 is 4.79 Å². The normalized spacial score (nSPS) is 23.3. The van der Waals surface area contributed by atoms with E-state index in [1.807, 2.05) is 36.4 Å². The zero-order valence-electron chi connectivity index (χ0n) is 15.0. The Morgan fingerprint density at radius 2 is 1.93 bits per heavy atom. The standard InChI is InChI=1S/C21H19N5O/c1-14(27)26-8-7-16-17(10-22)20(25)21(12-23,13-24)19(18(16)11-26)9-15-5-3-2-4-6-15/h2-7,18-19H,8-9,11,25H2,1H3/t18-,19-/m1/s1. The van der Waals surface area contributed by atoms with E-state index < -0.39 is 11.3 Å². The molecule has 0 bridgehead atoms. The average Bonchev–Trinajstić information content (AvgIpc) is 2.69. The van der Waals surface area contributed by atoms with Gasteiger partial charge in [-0.15, -0.1) is 0 Å². The number of rotatable bonds is 2. The monoisotopic (exact) mass is 357 g/mol. The van der Waals surface area contributed by atoms with Crippen molar-refractivity contribution in [2.45, 2.75) is 13.3 Å². The Morgan fingerprint density at radius 3 is 2.48 bits per heavy atom. The molecule has 2 aliphatic rings. The topological polar surface area (TPSA) is 118 Å². The van der Waals surface area contributed by atoms with Gasteiger partial charge in [0.25, 0.3) is 0 Å². The van der Waals surface area contributed by atoms with Gasteiger partial charge in [-0.2, -0.15) is 15.8 Å². The van der Waals surface area contributed by atoms with Crippen LogP contribution in [0, 0.1) is 51.2 Å². The quantitative estimate of drug-likeness (QED) is 0.869. The van der Waals surface area contributed by atoms with Crippen molar-refractivity contribution in [2.24, 2.45) is 23.0 Å². The molecule has 0 spiro atoms. The van der Waals surface area contributed by atoms with Crippen LogP contribution in [0.25, 0.3) is 0 Å². The summed E-state index contributed by atoms with van der Waals surface area (Å²) >= 11 is 0. The van der Waals surface area contributed by atoms with Crippen LogP contribution in [-0.2, 0) is 11.2 Å². The van der Waals surface area contributed by atoms with Crippen molar-refractivity contribution in [1.82, 2.24) is 4.90 Å². The van der Waals surface area contributed by atoms with Gasteiger partial charge in [0.1, 0.15) is 6.07 Å². The maximum Gasteiger partial charge on any atom is 0.219 e. The zero-order chi connectivity index (χ0) is 19.6. The van der Waals surface area contributed by atoms with E-state index in [0.717, 1.165) is 11.1 Å². The molecule has 6 heteroatoms. The molecule has 2 N–H and O–H groups in total. The van der Waals surface area contributed by atoms with E-state index >= 15 is 0 Å². The predicted octanol–water partition coefficient (Wildman–Crippen LogP) is 2.03. The first kappa shape index (κ1) is 18.2. The average molecular weight is 357 g/mol. The van der Waals surface area contributed by atoms with E-state index in [2.05, 4.69) is 18.2 Å². The Bertz CT molecular complexity index is 941. The van der Waals surface area contributed by atoms with E-state index in [1.165, 1.54) is 6.92 Å². The molecule has 1 aromatic carbocycles. The van der Waals surface area contributed by atoms with Crippen molar-refractivity contribution in [3.05, 3.63) is 58.8 Å². The molecule has 0 saturated carbocycles. The number of nitrogens with two attached hydrogens (primary N) is 1. The highest BCUT2D eigenvalue weighted by molar-refractivity contribution is 5.74. The maximum absolute atomic E-state index is 11.9. The fraction of sp³-hybridized carbons (Fsp3) is 0.333. The molecule has 27 heavy (non-hydrogen) atoms. The molecule has 3 rings (SSSR count). The molecule has 1 amide bonds. The molecule has 0 aromatic heterocycles. The Labute approximate surface area is 158 Å². The number of carbonyl (C=O) groups is 1. The molecule has 1 aliphatic carbocycles. The summed E-state index contributed by atoms with van der Waals surface area (Å²) in [5.74, 6) is -0.839. The minimum atomic E-state index is -1.61. The molecule has 0 saturated heterocycles. The van der Waals surface area contributed by atoms with Gasteiger partial charge in [-0.25, -0.2) is 0 Å². The van der Waals surface area contributed by atoms with Crippen molar-refractivity contribution in [1.29, 1.82) is 15.8 Å². The second-order valence-electron chi connectivity index (χ2n) is 6.92. The fourth-order valence-electron chi connectivity index (χ4n) is 4.11. The van der Waals surface area contributed by atoms with Crippen LogP contribution >= 0.6 is 0 Å². The van der Waals surface area contributed by atoms with E-state index in [9.17, 15) is 20.6 Å². The van der Waals surface area contributed by atoms with Crippen LogP contribution < -0.4 is 5.73 Å². The van der Waals surface area contributed by atoms with E-state index in [1.54, 1.807) is 4.90 Å². The van der Waals surface area contributed by atoms with Gasteiger partial charge < -0.3 is 10.6 Å². The van der Waals surface area contributed by atoms with Gasteiger partial charge in [0, 0.05) is 31.8 Å². The first-order valence-corrected chi connectivity index (χ1v) is 8.71. The fourth-order valence-corrected chi connectivity index (χ4v) is 4.11. The Balaban J connectivity index is 2.19. The lowest BCUT2D eigenvalue weighted by molar-refractivity contribution is -0.129. The van der Waals surface area contributed by atoms with Gasteiger partial charge >= 0.3 is 0 Å². The zero-order valence-corrected chi connectivity index (χ0v) is 15.0. The van der Waals surface area contributed by atoms with Crippen LogP contribution in [0.2, 0.25) is 0 Å². The van der Waals surface area contributed by atoms with Gasteiger partial charge in [-0.1, -0.05) is 36.4 Å². The predicted molar refractivity (Wildman–Crippen MR) is 97.9 cm³/mol. The third-order valence-electron chi connectivity index (χ3n) is 5.58. The lowest BCUT2D eigenvalue weighted by atomic mass is 9.58. The molecular formula is C21H19N5O. The number of benzene rings is 1. The minimum absolute atomic E-state index is 0.0229. The van der Waals surface area contributed by atoms with Crippen molar-refractivity contribution in [3.8, 4) is 18.2 Å². The van der Waals surface area contributed by atoms with Gasteiger partial charge in [-0.3, -0.25) is 4.79 Å². The summed E-state index contributed by atoms with van der Waals surface area (Å²) in [5, 5.41) is 29.5. The summed E-state index contributed by atoms with van der Waals surface area (Å²) in [4.78, 5) is 13.6. The number of nitrogens with zero attached hydrogens (tertiary/aromatic N) is 4. The molecule has 2 atom stereocenters. The van der Waals surface area contributed by atoms with E-state index in [-0.39, 0.29) is 23.1 Å². The highest BCUT2D eigenvalue weighted by atomic mass is 16.2. The summed E-state index contributed by atoms with van der Waals surface area (Å²) in [5.41, 5.74) is 6.57. The number of nitriles is 3. The highest BCUT2D eigenvalue weighted by Gasteiger charge is 2.53. The first-order chi connectivity index (χ1) is 13.0. The first-order valence-electron chi connectivity index (χ1n) is 8.71. The number of hydrogen-bond acceptors (Lipinski definition) is 5. The van der Waals surface area contributed by atoms with Crippen LogP contribution in [0.3, 0.4) is 0 Å². The lowest BCUT2D eigenvalue weighted by Gasteiger charge is -2.45. The van der Waals surface area contributed by atoms with Gasteiger partial charge in [-0.05, 0) is 17.6 Å². The molecular weight excluding hydrogens is 338 g/mol. The number of hydrogen-bond donors (Lipinski definition) is 1. The molecule has 0 radical (unpaired) electrons. The second-order valence-corrected chi connectivity index (χ2v) is 6.92. The van der Waals surface area contributed by atoms with Crippen LogP contribution in [0.15, 0.2) is 53.3 Å². The van der Waals surface area contributed by atoms with Gasteiger partial charge in [0.05, 0.1) is 23.4 Å². The summed E-state index contributed by atoms with van der Waals surface area (Å²) in [6.45, 7) is 2.25. The molecule has 1 aliphatic heterocycles. The van der Waals surface area contributed by atoms with Crippen molar-refractivity contribution >= 4 is 5.91 Å². The molecule has 1 aromatic rings. The summed E-state index contributed by atoms with van der Waals surface area (Å²) in [7, 11) is 0. The Kier molecular flexibility index (Phi) is 4.72. The number of amides is 1. The van der Waals surface area contributed by atoms with Crippen LogP contribution in [0.1, 0.15) is 12.5 Å². The highest BCUT2D eigenvalue weighted by Crippen LogP contribution is 2.50. The van der Waals surface area contributed by atoms with Gasteiger partial charge in [0.2, 0.25) is 5.91 Å². The number of allylic oxidation sites excluding steroid dienone is 2. The molecule has 1 heterocycles. The van der Waals surface area contributed by atoms with Crippen LogP contribution in [0.5, 0.6) is 0 Å². The summed E-state index contributed by atoms with van der Waals surface area (Å²) in [6, 6.07) is 15.9. The van der Waals surface area contributed by atoms with Crippen molar-refractivity contribution in [2.75, 3.05) is 13.1 Å². The lowest BCUT2D eigenvalue weighted by Crippen LogP contribution is -2.50. The van der Waals surface area contributed by atoms with E-state index in [0.29, 0.717) is 19.5 Å². The molecule has 0 unspecified atom stereocenters. The molecule has 134 valence electrons. The minimum Gasteiger partial charge on any atom is -0.399 e. The summed E-state index contributed by atoms with van der Waals surface area (Å²) < 4.78 is 0. The molecule has 6 nitrogen and oxygen atoms in total.